The van der Waals surface area contributed by atoms with E-state index in [0.29, 0.717) is 36.5 Å². The van der Waals surface area contributed by atoms with Gasteiger partial charge < -0.3 is 4.90 Å². The van der Waals surface area contributed by atoms with E-state index in [2.05, 4.69) is 15.3 Å². The van der Waals surface area contributed by atoms with Crippen molar-refractivity contribution in [3.8, 4) is 0 Å². The van der Waals surface area contributed by atoms with Gasteiger partial charge in [-0.3, -0.25) is 0 Å². The van der Waals surface area contributed by atoms with Gasteiger partial charge in [-0.25, -0.2) is 0 Å². The fourth-order valence-electron chi connectivity index (χ4n) is 3.71. The molecule has 4 heterocycles. The monoisotopic (exact) mass is 433 g/mol. The summed E-state index contributed by atoms with van der Waals surface area (Å²) in [5, 5.41) is 10.7. The van der Waals surface area contributed by atoms with E-state index in [0.717, 1.165) is 25.7 Å². The van der Waals surface area contributed by atoms with Crippen molar-refractivity contribution in [1.82, 2.24) is 28.4 Å². The molecular formula is C16H22F3N7O2S. The summed E-state index contributed by atoms with van der Waals surface area (Å²) in [6.45, 7) is 2.27. The maximum absolute atomic E-state index is 13.1. The zero-order valence-electron chi connectivity index (χ0n) is 15.7. The van der Waals surface area contributed by atoms with Crippen LogP contribution in [0.25, 0.3) is 5.65 Å². The number of fused-ring (bicyclic) bond motifs is 1. The Kier molecular flexibility index (Phi) is 5.38. The van der Waals surface area contributed by atoms with E-state index in [-0.39, 0.29) is 18.7 Å². The molecule has 0 aliphatic carbocycles. The highest BCUT2D eigenvalue weighted by molar-refractivity contribution is 7.86. The molecule has 0 unspecified atom stereocenters. The second kappa shape index (κ2) is 7.69. The smallest absolute Gasteiger partial charge is 0.353 e. The lowest BCUT2D eigenvalue weighted by atomic mass is 10.2. The second-order valence-corrected chi connectivity index (χ2v) is 9.12. The van der Waals surface area contributed by atoms with Gasteiger partial charge in [0.05, 0.1) is 0 Å². The molecule has 2 fully saturated rings. The standard InChI is InChI=1S/C16H22F3N7O2S/c17-16(18,19)15-21-20-13-5-6-14(22-26(13)15)23-9-11-25(12-10-23)29(27,28)24-7-3-1-2-4-8-24/h5-6H,1-4,7-12H2. The lowest BCUT2D eigenvalue weighted by Crippen LogP contribution is -2.53. The van der Waals surface area contributed by atoms with Crippen molar-refractivity contribution in [2.24, 2.45) is 0 Å². The molecule has 0 saturated carbocycles. The van der Waals surface area contributed by atoms with Crippen LogP contribution in [0, 0.1) is 0 Å². The summed E-state index contributed by atoms with van der Waals surface area (Å²) in [6, 6.07) is 2.99. The largest absolute Gasteiger partial charge is 0.453 e. The van der Waals surface area contributed by atoms with Crippen molar-refractivity contribution in [2.45, 2.75) is 31.9 Å². The minimum Gasteiger partial charge on any atom is -0.353 e. The minimum absolute atomic E-state index is 0.00320. The molecule has 0 spiro atoms. The molecular weight excluding hydrogens is 411 g/mol. The van der Waals surface area contributed by atoms with E-state index in [1.165, 1.54) is 10.4 Å². The number of rotatable bonds is 3. The van der Waals surface area contributed by atoms with Gasteiger partial charge in [0, 0.05) is 39.3 Å². The fraction of sp³-hybridized carbons (Fsp3) is 0.688. The number of piperazine rings is 1. The summed E-state index contributed by atoms with van der Waals surface area (Å²) in [5.74, 6) is -0.855. The predicted octanol–water partition coefficient (Wildman–Crippen LogP) is 1.39. The Morgan fingerprint density at radius 2 is 1.45 bits per heavy atom. The Hall–Kier alpha value is -1.99. The van der Waals surface area contributed by atoms with Gasteiger partial charge in [0.25, 0.3) is 16.0 Å². The van der Waals surface area contributed by atoms with Crippen molar-refractivity contribution in [3.63, 3.8) is 0 Å². The van der Waals surface area contributed by atoms with Gasteiger partial charge in [0.2, 0.25) is 0 Å². The maximum Gasteiger partial charge on any atom is 0.453 e. The van der Waals surface area contributed by atoms with Crippen LogP contribution in [0.1, 0.15) is 31.5 Å². The summed E-state index contributed by atoms with van der Waals surface area (Å²) < 4.78 is 68.7. The van der Waals surface area contributed by atoms with E-state index in [4.69, 9.17) is 0 Å². The van der Waals surface area contributed by atoms with E-state index >= 15 is 0 Å². The Morgan fingerprint density at radius 3 is 2.07 bits per heavy atom. The van der Waals surface area contributed by atoms with Crippen molar-refractivity contribution < 1.29 is 21.6 Å². The number of alkyl halides is 3. The number of hydrogen-bond donors (Lipinski definition) is 0. The van der Waals surface area contributed by atoms with Gasteiger partial charge in [0.1, 0.15) is 5.82 Å². The maximum atomic E-state index is 13.1. The molecule has 2 saturated heterocycles. The number of nitrogens with zero attached hydrogens (tertiary/aromatic N) is 7. The molecule has 4 rings (SSSR count). The van der Waals surface area contributed by atoms with Crippen LogP contribution in [0.15, 0.2) is 12.1 Å². The lowest BCUT2D eigenvalue weighted by Gasteiger charge is -2.36. The highest BCUT2D eigenvalue weighted by Crippen LogP contribution is 2.28. The molecule has 29 heavy (non-hydrogen) atoms. The molecule has 2 aromatic heterocycles. The summed E-state index contributed by atoms with van der Waals surface area (Å²) in [6.07, 6.45) is -0.855. The second-order valence-electron chi connectivity index (χ2n) is 7.19. The van der Waals surface area contributed by atoms with Crippen molar-refractivity contribution in [2.75, 3.05) is 44.2 Å². The third kappa shape index (κ3) is 4.03. The Bertz CT molecular complexity index is 963. The lowest BCUT2D eigenvalue weighted by molar-refractivity contribution is -0.146. The van der Waals surface area contributed by atoms with Crippen molar-refractivity contribution >= 4 is 21.7 Å². The van der Waals surface area contributed by atoms with Gasteiger partial charge in [-0.2, -0.15) is 34.7 Å². The first-order valence-electron chi connectivity index (χ1n) is 9.57. The summed E-state index contributed by atoms with van der Waals surface area (Å²) in [7, 11) is -3.52. The molecule has 13 heteroatoms. The van der Waals surface area contributed by atoms with Gasteiger partial charge >= 0.3 is 6.18 Å². The summed E-state index contributed by atoms with van der Waals surface area (Å²) in [5.41, 5.74) is 0.00320. The molecule has 9 nitrogen and oxygen atoms in total. The first-order valence-corrected chi connectivity index (χ1v) is 11.0. The molecule has 2 aliphatic heterocycles. The Morgan fingerprint density at radius 1 is 0.828 bits per heavy atom. The van der Waals surface area contributed by atoms with Crippen molar-refractivity contribution in [3.05, 3.63) is 18.0 Å². The van der Waals surface area contributed by atoms with Crippen LogP contribution in [0.5, 0.6) is 0 Å². The quantitative estimate of drug-likeness (QED) is 0.727. The van der Waals surface area contributed by atoms with E-state index in [9.17, 15) is 21.6 Å². The van der Waals surface area contributed by atoms with Gasteiger partial charge in [-0.05, 0) is 25.0 Å². The van der Waals surface area contributed by atoms with Gasteiger partial charge in [-0.15, -0.1) is 15.3 Å². The van der Waals surface area contributed by atoms with Crippen LogP contribution in [-0.4, -0.2) is 76.1 Å². The van der Waals surface area contributed by atoms with Crippen LogP contribution >= 0.6 is 0 Å². The molecule has 160 valence electrons. The predicted molar refractivity (Wildman–Crippen MR) is 98.5 cm³/mol. The molecule has 0 radical (unpaired) electrons. The number of aromatic nitrogens is 4. The van der Waals surface area contributed by atoms with E-state index in [1.807, 2.05) is 0 Å². The van der Waals surface area contributed by atoms with Crippen LogP contribution < -0.4 is 4.90 Å². The van der Waals surface area contributed by atoms with Crippen LogP contribution in [0.4, 0.5) is 19.0 Å². The molecule has 0 atom stereocenters. The third-order valence-electron chi connectivity index (χ3n) is 5.28. The van der Waals surface area contributed by atoms with Crippen LogP contribution in [0.2, 0.25) is 0 Å². The number of halogens is 3. The minimum atomic E-state index is -4.66. The fourth-order valence-corrected chi connectivity index (χ4v) is 5.38. The molecule has 0 amide bonds. The summed E-state index contributed by atoms with van der Waals surface area (Å²) in [4.78, 5) is 1.77. The normalized spacial score (nSPS) is 20.9. The van der Waals surface area contributed by atoms with Crippen LogP contribution in [-0.2, 0) is 16.4 Å². The average molecular weight is 433 g/mol. The summed E-state index contributed by atoms with van der Waals surface area (Å²) >= 11 is 0. The number of hydrogen-bond acceptors (Lipinski definition) is 6. The van der Waals surface area contributed by atoms with E-state index < -0.39 is 22.2 Å². The topological polar surface area (TPSA) is 86.9 Å². The molecule has 0 N–H and O–H groups in total. The molecule has 2 aliphatic rings. The first-order chi connectivity index (χ1) is 13.8. The van der Waals surface area contributed by atoms with E-state index in [1.54, 1.807) is 15.3 Å². The Balaban J connectivity index is 1.48. The molecule has 0 bridgehead atoms. The van der Waals surface area contributed by atoms with Crippen LogP contribution in [0.3, 0.4) is 0 Å². The first kappa shape index (κ1) is 20.3. The van der Waals surface area contributed by atoms with Gasteiger partial charge in [0.15, 0.2) is 5.65 Å². The van der Waals surface area contributed by atoms with Gasteiger partial charge in [-0.1, -0.05) is 12.8 Å². The molecule has 0 aromatic carbocycles. The SMILES string of the molecule is O=S(=O)(N1CCCCCC1)N1CCN(c2ccc3nnc(C(F)(F)F)n3n2)CC1. The Labute approximate surface area is 166 Å². The van der Waals surface area contributed by atoms with Crippen molar-refractivity contribution in [1.29, 1.82) is 0 Å². The number of anilines is 1. The highest BCUT2D eigenvalue weighted by atomic mass is 32.2. The third-order valence-corrected chi connectivity index (χ3v) is 7.32. The molecule has 2 aromatic rings. The average Bonchev–Trinajstić information content (AvgIpc) is 2.92. The zero-order chi connectivity index (χ0) is 20.6. The highest BCUT2D eigenvalue weighted by Gasteiger charge is 2.38. The zero-order valence-corrected chi connectivity index (χ0v) is 16.5.